The summed E-state index contributed by atoms with van der Waals surface area (Å²) in [6.45, 7) is 5.53. The fourth-order valence-corrected chi connectivity index (χ4v) is 2.52. The second-order valence-corrected chi connectivity index (χ2v) is 9.00. The fourth-order valence-electron chi connectivity index (χ4n) is 2.33. The Bertz CT molecular complexity index is 832. The van der Waals surface area contributed by atoms with Crippen LogP contribution in [0.15, 0.2) is 6.20 Å². The van der Waals surface area contributed by atoms with Crippen molar-refractivity contribution >= 4 is 42.8 Å². The molecule has 6 N–H and O–H groups in total. The predicted molar refractivity (Wildman–Crippen MR) is 122 cm³/mol. The molecule has 15 heteroatoms. The number of carboxylic acids is 2. The van der Waals surface area contributed by atoms with Crippen LogP contribution in [0, 0.1) is 11.3 Å². The van der Waals surface area contributed by atoms with Crippen LogP contribution in [0.3, 0.4) is 0 Å². The second-order valence-electron chi connectivity index (χ2n) is 8.41. The van der Waals surface area contributed by atoms with E-state index in [0.717, 1.165) is 5.69 Å². The monoisotopic (exact) mass is 535 g/mol. The van der Waals surface area contributed by atoms with Gasteiger partial charge in [0.1, 0.15) is 12.1 Å². The molecule has 0 spiro atoms. The molecule has 0 fully saturated rings. The van der Waals surface area contributed by atoms with Gasteiger partial charge in [0.2, 0.25) is 0 Å². The summed E-state index contributed by atoms with van der Waals surface area (Å²) < 4.78 is 3.31. The Kier molecular flexibility index (Phi) is 22.2. The molecule has 1 heterocycles. The van der Waals surface area contributed by atoms with Crippen LogP contribution < -0.4 is 67.3 Å². The minimum absolute atomic E-state index is 0. The van der Waals surface area contributed by atoms with Gasteiger partial charge in [0, 0.05) is 19.7 Å². The molecule has 2 atom stereocenters. The Labute approximate surface area is 249 Å². The zero-order valence-electron chi connectivity index (χ0n) is 20.1. The number of nitrogens with zero attached hydrogens (tertiary/aromatic N) is 3. The van der Waals surface area contributed by atoms with E-state index in [4.69, 9.17) is 24.5 Å². The van der Waals surface area contributed by atoms with Crippen molar-refractivity contribution in [3.8, 4) is 0 Å². The van der Waals surface area contributed by atoms with Crippen molar-refractivity contribution in [2.75, 3.05) is 48.8 Å². The Balaban J connectivity index is -0.000000138. The first kappa shape index (κ1) is 39.4. The quantitative estimate of drug-likeness (QED) is 0.0914. The van der Waals surface area contributed by atoms with E-state index >= 15 is 0 Å². The van der Waals surface area contributed by atoms with Crippen LogP contribution in [0.5, 0.6) is 0 Å². The number of carbonyl (C=O) groups excluding carboxylic acids is 3. The number of aromatic amines is 2. The van der Waals surface area contributed by atoms with Gasteiger partial charge in [0.25, 0.3) is 0 Å². The van der Waals surface area contributed by atoms with E-state index in [0.29, 0.717) is 15.7 Å². The third-order valence-corrected chi connectivity index (χ3v) is 4.35. The minimum atomic E-state index is -1.21. The van der Waals surface area contributed by atoms with Gasteiger partial charge in [-0.2, -0.15) is 0 Å². The number of likely N-dealkylation sites (N-methyl/N-ethyl adjacent to an activating group) is 2. The number of carboxylic acid groups (broad SMARTS) is 2. The number of carbonyl (C=O) groups is 3. The number of H-pyrrole nitrogens is 2. The van der Waals surface area contributed by atoms with Crippen molar-refractivity contribution in [1.82, 2.24) is 9.97 Å². The summed E-state index contributed by atoms with van der Waals surface area (Å²) in [6.07, 6.45) is 2.00. The SMILES string of the molecule is C[N+](C)(C)[C@@H](CC(=O)CN)C(=O)[O-].C[N+](C)(C)[C@@H](Cc1c[nH]c(=S)[nH]1)C(=O)[O-].O.[2HH].[C-]#[N+][S-].[K+]. The second kappa shape index (κ2) is 18.5. The Morgan fingerprint density at radius 2 is 1.55 bits per heavy atom. The van der Waals surface area contributed by atoms with Crippen molar-refractivity contribution in [3.05, 3.63) is 27.5 Å². The summed E-state index contributed by atoms with van der Waals surface area (Å²) in [4.78, 5) is 38.3. The van der Waals surface area contributed by atoms with E-state index in [9.17, 15) is 24.6 Å². The molecule has 0 amide bonds. The van der Waals surface area contributed by atoms with E-state index in [1.165, 1.54) is 0 Å². The number of ketones is 1. The molecule has 0 saturated heterocycles. The minimum Gasteiger partial charge on any atom is -0.544 e. The molecule has 0 aliphatic carbocycles. The van der Waals surface area contributed by atoms with Crippen molar-refractivity contribution in [3.63, 3.8) is 0 Å². The smallest absolute Gasteiger partial charge is 0.544 e. The van der Waals surface area contributed by atoms with Gasteiger partial charge in [0.05, 0.1) is 67.2 Å². The topological polar surface area (TPSA) is 191 Å². The summed E-state index contributed by atoms with van der Waals surface area (Å²) in [5, 5.41) is 21.7. The molecule has 0 bridgehead atoms. The van der Waals surface area contributed by atoms with E-state index in [1.807, 2.05) is 21.1 Å². The predicted octanol–water partition coefficient (Wildman–Crippen LogP) is -6.04. The van der Waals surface area contributed by atoms with Crippen LogP contribution in [-0.4, -0.2) is 103 Å². The van der Waals surface area contributed by atoms with Gasteiger partial charge in [-0.15, -0.1) is 0 Å². The van der Waals surface area contributed by atoms with Gasteiger partial charge in [-0.3, -0.25) is 11.4 Å². The molecule has 0 aromatic carbocycles. The molecular weight excluding hydrogens is 499 g/mol. The summed E-state index contributed by atoms with van der Waals surface area (Å²) in [7, 11) is 10.6. The number of rotatable bonds is 9. The average molecular weight is 536 g/mol. The van der Waals surface area contributed by atoms with Gasteiger partial charge in [-0.25, -0.2) is 0 Å². The van der Waals surface area contributed by atoms with Crippen molar-refractivity contribution < 1.29 is 91.9 Å². The van der Waals surface area contributed by atoms with Gasteiger partial charge < -0.3 is 67.0 Å². The number of hydrogen-bond acceptors (Lipinski definition) is 8. The number of Topliss-reactive ketones (excluding diaryl/α,β-unsaturated/α-hetero) is 1. The van der Waals surface area contributed by atoms with E-state index < -0.39 is 24.0 Å². The van der Waals surface area contributed by atoms with Crippen LogP contribution in [0.4, 0.5) is 0 Å². The molecule has 0 saturated carbocycles. The third-order valence-electron chi connectivity index (χ3n) is 4.13. The zero-order chi connectivity index (χ0) is 25.0. The van der Waals surface area contributed by atoms with Crippen molar-refractivity contribution in [1.29, 1.82) is 0 Å². The number of quaternary nitrogens is 2. The van der Waals surface area contributed by atoms with E-state index in [-0.39, 0.29) is 81.5 Å². The molecule has 0 unspecified atom stereocenters. The van der Waals surface area contributed by atoms with Crippen molar-refractivity contribution in [2.24, 2.45) is 5.73 Å². The van der Waals surface area contributed by atoms with Crippen LogP contribution in [0.25, 0.3) is 4.25 Å². The number of aromatic nitrogens is 2. The number of imidazole rings is 1. The first-order valence-corrected chi connectivity index (χ1v) is 9.79. The van der Waals surface area contributed by atoms with Crippen LogP contribution >= 0.6 is 12.2 Å². The normalized spacial score (nSPS) is 11.9. The van der Waals surface area contributed by atoms with Crippen LogP contribution in [-0.2, 0) is 33.6 Å². The fraction of sp³-hybridized carbons (Fsp3) is 0.611. The number of aliphatic carboxylic acids is 2. The molecule has 12 nitrogen and oxygen atoms in total. The molecule has 1 rings (SSSR count). The molecule has 0 radical (unpaired) electrons. The zero-order valence-corrected chi connectivity index (χ0v) is 24.9. The summed E-state index contributed by atoms with van der Waals surface area (Å²) in [5.74, 6) is -2.53. The summed E-state index contributed by atoms with van der Waals surface area (Å²) in [6, 6.07) is -1.41. The molecule has 0 aliphatic heterocycles. The number of hydrogen-bond donors (Lipinski definition) is 3. The van der Waals surface area contributed by atoms with Gasteiger partial charge >= 0.3 is 51.4 Å². The summed E-state index contributed by atoms with van der Waals surface area (Å²) >= 11 is 8.55. The van der Waals surface area contributed by atoms with Gasteiger partial charge in [-0.05, 0) is 12.2 Å². The first-order valence-electron chi connectivity index (χ1n) is 9.02. The number of nitrogens with one attached hydrogen (secondary N) is 2. The third kappa shape index (κ3) is 18.3. The average Bonchev–Trinajstić information content (AvgIpc) is 3.01. The molecule has 1 aromatic heterocycles. The molecule has 0 aliphatic rings. The molecule has 186 valence electrons. The van der Waals surface area contributed by atoms with Gasteiger partial charge in [0.15, 0.2) is 10.6 Å². The molecular formula is C18H35KN6O6S2. The molecule has 33 heavy (non-hydrogen) atoms. The maximum atomic E-state index is 11.0. The number of nitrogens with two attached hydrogens (primary N) is 1. The maximum Gasteiger partial charge on any atom is 1.00 e. The van der Waals surface area contributed by atoms with Crippen LogP contribution in [0.1, 0.15) is 13.5 Å². The summed E-state index contributed by atoms with van der Waals surface area (Å²) in [5.41, 5.74) is 5.87. The Hall–Kier alpha value is -0.774. The van der Waals surface area contributed by atoms with Crippen molar-refractivity contribution in [2.45, 2.75) is 24.9 Å². The Morgan fingerprint density at radius 1 is 1.15 bits per heavy atom. The van der Waals surface area contributed by atoms with Gasteiger partial charge in [-0.1, -0.05) is 0 Å². The largest absolute Gasteiger partial charge is 1.00 e. The standard InChI is InChI=1S/C9H15N3O2S.C8H16N2O3.CNS.K.H2O.H2/c1-12(2,3)7(8(13)14)4-6-5-10-9(15)11-6;1-10(2,3)7(8(12)13)4-6(11)5-9;1-2-3;;;/h5,7H,4H2,1-3H3,(H2-,10,11,13,14,15);7H,4-5,9H2,1-3H3;;;1H2;1H/q;;-1;+1;;/t2*7-;;;;/m00..../s1/i;;;;;1+1. The molecule has 1 aromatic rings. The Morgan fingerprint density at radius 3 is 1.79 bits per heavy atom. The van der Waals surface area contributed by atoms with E-state index in [1.54, 1.807) is 27.3 Å². The maximum absolute atomic E-state index is 11.0. The first-order chi connectivity index (χ1) is 14.0. The van der Waals surface area contributed by atoms with E-state index in [2.05, 4.69) is 27.0 Å². The van der Waals surface area contributed by atoms with Crippen LogP contribution in [0.2, 0.25) is 0 Å².